The Bertz CT molecular complexity index is 1050. The zero-order valence-corrected chi connectivity index (χ0v) is 24.8. The number of hydrogen-bond donors (Lipinski definition) is 3. The number of nitrogens with one attached hydrogen (secondary N) is 2. The lowest BCUT2D eigenvalue weighted by atomic mass is 9.86. The summed E-state index contributed by atoms with van der Waals surface area (Å²) in [5.41, 5.74) is 4.44. The zero-order valence-electron chi connectivity index (χ0n) is 24.8. The van der Waals surface area contributed by atoms with Gasteiger partial charge in [-0.3, -0.25) is 15.1 Å². The van der Waals surface area contributed by atoms with Gasteiger partial charge < -0.3 is 24.6 Å². The van der Waals surface area contributed by atoms with Gasteiger partial charge >= 0.3 is 6.09 Å². The van der Waals surface area contributed by atoms with Crippen molar-refractivity contribution in [1.82, 2.24) is 20.7 Å². The Morgan fingerprint density at radius 3 is 2.37 bits per heavy atom. The molecule has 1 heterocycles. The maximum absolute atomic E-state index is 13.4. The normalized spacial score (nSPS) is 15.7. The van der Waals surface area contributed by atoms with Crippen LogP contribution in [0.5, 0.6) is 5.75 Å². The first-order valence-electron chi connectivity index (χ1n) is 14.3. The van der Waals surface area contributed by atoms with Gasteiger partial charge in [-0.15, -0.1) is 0 Å². The number of amides is 2. The summed E-state index contributed by atoms with van der Waals surface area (Å²) in [4.78, 5) is 27.6. The molecular weight excluding hydrogens is 524 g/mol. The first kappa shape index (κ1) is 32.3. The maximum atomic E-state index is 13.4. The average Bonchev–Trinajstić information content (AvgIpc) is 2.96. The number of carbonyl (C=O) groups excluding carboxylic acids is 2. The van der Waals surface area contributed by atoms with Gasteiger partial charge in [0.2, 0.25) is 0 Å². The van der Waals surface area contributed by atoms with Gasteiger partial charge in [0.25, 0.3) is 5.91 Å². The molecular formula is C31H46N4O6. The average molecular weight is 571 g/mol. The third kappa shape index (κ3) is 11.7. The number of nitrogens with zero attached hydrogens (tertiary/aromatic N) is 2. The third-order valence-electron chi connectivity index (χ3n) is 6.96. The molecule has 1 aliphatic rings. The molecule has 2 unspecified atom stereocenters. The van der Waals surface area contributed by atoms with Crippen molar-refractivity contribution in [3.63, 3.8) is 0 Å². The molecule has 0 radical (unpaired) electrons. The van der Waals surface area contributed by atoms with E-state index in [1.54, 1.807) is 5.01 Å². The minimum atomic E-state index is -0.846. The number of benzene rings is 2. The van der Waals surface area contributed by atoms with Crippen LogP contribution in [0.4, 0.5) is 4.79 Å². The van der Waals surface area contributed by atoms with Crippen molar-refractivity contribution >= 4 is 12.0 Å². The van der Waals surface area contributed by atoms with E-state index in [0.29, 0.717) is 19.6 Å². The monoisotopic (exact) mass is 570 g/mol. The largest absolute Gasteiger partial charge is 0.492 e. The molecule has 2 atom stereocenters. The highest BCUT2D eigenvalue weighted by Crippen LogP contribution is 2.20. The van der Waals surface area contributed by atoms with Crippen molar-refractivity contribution in [3.8, 4) is 5.75 Å². The Hall–Kier alpha value is -3.18. The molecule has 41 heavy (non-hydrogen) atoms. The Morgan fingerprint density at radius 1 is 1.05 bits per heavy atom. The van der Waals surface area contributed by atoms with Gasteiger partial charge in [0.05, 0.1) is 26.4 Å². The van der Waals surface area contributed by atoms with Crippen LogP contribution in [-0.2, 0) is 27.2 Å². The van der Waals surface area contributed by atoms with E-state index in [9.17, 15) is 14.7 Å². The summed E-state index contributed by atoms with van der Waals surface area (Å²) in [6, 6.07) is 16.9. The van der Waals surface area contributed by atoms with E-state index in [0.717, 1.165) is 56.1 Å². The molecule has 2 amide bonds. The molecule has 3 rings (SSSR count). The summed E-state index contributed by atoms with van der Waals surface area (Å²) in [6.07, 6.45) is -0.108. The minimum Gasteiger partial charge on any atom is -0.492 e. The highest BCUT2D eigenvalue weighted by atomic mass is 16.5. The lowest BCUT2D eigenvalue weighted by Crippen LogP contribution is -2.57. The Morgan fingerprint density at radius 2 is 1.73 bits per heavy atom. The maximum Gasteiger partial charge on any atom is 0.407 e. The lowest BCUT2D eigenvalue weighted by molar-refractivity contribution is -0.131. The van der Waals surface area contributed by atoms with Gasteiger partial charge in [-0.2, -0.15) is 0 Å². The fraction of sp³-hybridized carbons (Fsp3) is 0.548. The van der Waals surface area contributed by atoms with Gasteiger partial charge in [0, 0.05) is 32.7 Å². The van der Waals surface area contributed by atoms with Crippen LogP contribution >= 0.6 is 0 Å². The predicted molar refractivity (Wildman–Crippen MR) is 157 cm³/mol. The fourth-order valence-electron chi connectivity index (χ4n) is 4.57. The van der Waals surface area contributed by atoms with Crippen molar-refractivity contribution in [3.05, 3.63) is 65.7 Å². The first-order valence-corrected chi connectivity index (χ1v) is 14.3. The molecule has 1 fully saturated rings. The van der Waals surface area contributed by atoms with Crippen LogP contribution < -0.4 is 15.5 Å². The summed E-state index contributed by atoms with van der Waals surface area (Å²) >= 11 is 0. The Labute approximate surface area is 243 Å². The molecule has 10 nitrogen and oxygen atoms in total. The van der Waals surface area contributed by atoms with Crippen molar-refractivity contribution in [2.75, 3.05) is 53.1 Å². The van der Waals surface area contributed by atoms with E-state index in [4.69, 9.17) is 14.2 Å². The first-order chi connectivity index (χ1) is 19.6. The van der Waals surface area contributed by atoms with Crippen LogP contribution in [0.15, 0.2) is 54.6 Å². The number of rotatable bonds is 14. The van der Waals surface area contributed by atoms with Crippen LogP contribution in [0.2, 0.25) is 0 Å². The van der Waals surface area contributed by atoms with Gasteiger partial charge in [-0.1, -0.05) is 63.2 Å². The quantitative estimate of drug-likeness (QED) is 0.297. The number of carbonyl (C=O) groups is 2. The van der Waals surface area contributed by atoms with E-state index >= 15 is 0 Å². The molecule has 226 valence electrons. The van der Waals surface area contributed by atoms with Crippen LogP contribution in [0.3, 0.4) is 0 Å². The van der Waals surface area contributed by atoms with E-state index in [2.05, 4.69) is 15.6 Å². The van der Waals surface area contributed by atoms with Crippen molar-refractivity contribution in [1.29, 1.82) is 0 Å². The minimum absolute atomic E-state index is 0.214. The number of hydrogen-bond acceptors (Lipinski definition) is 8. The zero-order chi connectivity index (χ0) is 29.7. The van der Waals surface area contributed by atoms with E-state index in [1.807, 2.05) is 75.4 Å². The second-order valence-corrected chi connectivity index (χ2v) is 11.4. The molecule has 1 saturated heterocycles. The molecule has 2 aromatic rings. The second-order valence-electron chi connectivity index (χ2n) is 11.4. The molecule has 0 spiro atoms. The number of aliphatic hydroxyl groups excluding tert-OH is 1. The SMILES string of the molecule is COC(=O)NC(C(=O)NN(Cc1ccc(OCCN2CCOCC2)cc1)CC(O)CCc1ccccc1)C(C)(C)C. The number of hydrazine groups is 1. The number of methoxy groups -OCH3 is 1. The molecule has 0 aromatic heterocycles. The number of aryl methyl sites for hydroxylation is 1. The highest BCUT2D eigenvalue weighted by molar-refractivity contribution is 5.86. The van der Waals surface area contributed by atoms with Crippen LogP contribution in [0, 0.1) is 5.41 Å². The fourth-order valence-corrected chi connectivity index (χ4v) is 4.57. The summed E-state index contributed by atoms with van der Waals surface area (Å²) in [6.45, 7) is 11.0. The van der Waals surface area contributed by atoms with Crippen molar-refractivity contribution in [2.24, 2.45) is 5.41 Å². The van der Waals surface area contributed by atoms with Gasteiger partial charge in [-0.25, -0.2) is 9.80 Å². The summed E-state index contributed by atoms with van der Waals surface area (Å²) in [7, 11) is 1.26. The van der Waals surface area contributed by atoms with Crippen molar-refractivity contribution < 1.29 is 28.9 Å². The Kier molecular flexibility index (Phi) is 12.9. The van der Waals surface area contributed by atoms with E-state index in [-0.39, 0.29) is 12.5 Å². The van der Waals surface area contributed by atoms with E-state index < -0.39 is 23.7 Å². The van der Waals surface area contributed by atoms with Crippen LogP contribution in [0.1, 0.15) is 38.3 Å². The lowest BCUT2D eigenvalue weighted by Gasteiger charge is -2.33. The summed E-state index contributed by atoms with van der Waals surface area (Å²) < 4.78 is 16.1. The number of morpholine rings is 1. The van der Waals surface area contributed by atoms with E-state index in [1.165, 1.54) is 7.11 Å². The predicted octanol–water partition coefficient (Wildman–Crippen LogP) is 3.00. The standard InChI is InChI=1S/C31H46N4O6/c1-31(2,3)28(32-30(38)39-4)29(37)33-35(23-26(36)13-10-24-8-6-5-7-9-24)22-25-11-14-27(15-12-25)41-21-18-34-16-19-40-20-17-34/h5-9,11-12,14-15,26,28,36H,10,13,16-23H2,1-4H3,(H,32,38)(H,33,37). The number of alkyl carbamates (subject to hydrolysis) is 1. The molecule has 2 aromatic carbocycles. The number of ether oxygens (including phenoxy) is 3. The molecule has 0 bridgehead atoms. The topological polar surface area (TPSA) is 113 Å². The second kappa shape index (κ2) is 16.3. The highest BCUT2D eigenvalue weighted by Gasteiger charge is 2.34. The molecule has 3 N–H and O–H groups in total. The van der Waals surface area contributed by atoms with Crippen LogP contribution in [0.25, 0.3) is 0 Å². The van der Waals surface area contributed by atoms with Gasteiger partial charge in [0.1, 0.15) is 18.4 Å². The number of aliphatic hydroxyl groups is 1. The molecule has 10 heteroatoms. The molecule has 0 aliphatic carbocycles. The summed E-state index contributed by atoms with van der Waals surface area (Å²) in [5.74, 6) is 0.386. The van der Waals surface area contributed by atoms with Crippen molar-refractivity contribution in [2.45, 2.75) is 52.3 Å². The molecule has 1 aliphatic heterocycles. The smallest absolute Gasteiger partial charge is 0.407 e. The van der Waals surface area contributed by atoms with Gasteiger partial charge in [-0.05, 0) is 41.5 Å². The Balaban J connectivity index is 1.63. The molecule has 0 saturated carbocycles. The van der Waals surface area contributed by atoms with Gasteiger partial charge in [0.15, 0.2) is 0 Å². The summed E-state index contributed by atoms with van der Waals surface area (Å²) in [5, 5.41) is 15.2. The van der Waals surface area contributed by atoms with Crippen LogP contribution in [-0.4, -0.2) is 92.3 Å². The third-order valence-corrected chi connectivity index (χ3v) is 6.96.